The van der Waals surface area contributed by atoms with Gasteiger partial charge in [-0.25, -0.2) is 9.59 Å². The first-order valence-corrected chi connectivity index (χ1v) is 51.1. The maximum absolute atomic E-state index is 16.1. The van der Waals surface area contributed by atoms with Gasteiger partial charge in [0, 0.05) is 63.4 Å². The van der Waals surface area contributed by atoms with Crippen LogP contribution in [0.2, 0.25) is 0 Å². The molecule has 3 saturated heterocycles. The second-order valence-electron chi connectivity index (χ2n) is 39.7. The van der Waals surface area contributed by atoms with Gasteiger partial charge in [-0.2, -0.15) is 11.3 Å². The van der Waals surface area contributed by atoms with Crippen molar-refractivity contribution in [2.45, 2.75) is 298 Å². The molecule has 5 aromatic rings. The summed E-state index contributed by atoms with van der Waals surface area (Å²) < 4.78 is 6.71. The number of hydrogen-bond donors (Lipinski definition) is 19. The molecule has 3 aromatic carbocycles. The number of aliphatic carboxylic acids is 2. The van der Waals surface area contributed by atoms with Crippen molar-refractivity contribution in [3.05, 3.63) is 153 Å². The SMILES string of the molecule is CC(=O)N1CCC[C@]12C/C=C\CCC[C@]1(CCC/C=C\CCCOC(=O)N3CC[C@@]4(C3)NC(=O)[C@H](CCCCNC(=O)CC[C@@H](C(=O)N[C@@H](C)C(N)=O)NC(=O)[C@H](Cc3csc5ccccc35)NC(=O)[C@H](Cc3ccsc3)NC4=O)NC(=O)[C@H](Cc3ccccc3)NC(=O)[C@H](C)NC(=O)C(C)(C)NC(=O)[C@H](Cc3cccc(C(=O)O)c3)NC(=O)[C@H](CC(=O)O)NC1=O)NC(=O)[C@H](CC(C)(C)C)NC(=O)[C@H](CC(=O)O)NC2=O. The van der Waals surface area contributed by atoms with Crippen LogP contribution in [0.15, 0.2) is 125 Å². The number of cyclic esters (lactones) is 1. The molecule has 2 aromatic heterocycles. The number of nitrogens with zero attached hydrogens (tertiary/aromatic N) is 2. The van der Waals surface area contributed by atoms with Gasteiger partial charge in [-0.3, -0.25) is 91.1 Å². The van der Waals surface area contributed by atoms with Gasteiger partial charge >= 0.3 is 24.0 Å². The summed E-state index contributed by atoms with van der Waals surface area (Å²) in [6.45, 7) is 10.2. The molecule has 5 aliphatic heterocycles. The van der Waals surface area contributed by atoms with Crippen LogP contribution in [-0.4, -0.2) is 271 Å². The zero-order valence-corrected chi connectivity index (χ0v) is 85.2. The van der Waals surface area contributed by atoms with E-state index in [1.807, 2.05) is 18.2 Å². The van der Waals surface area contributed by atoms with Gasteiger partial charge in [-0.05, 0) is 210 Å². The molecule has 18 amide bonds. The fraction of sp³-hybridized carbons (Fsp3) is 0.520. The number of rotatable bonds is 17. The molecule has 5 aliphatic rings. The molecule has 0 radical (unpaired) electrons. The second-order valence-corrected chi connectivity index (χ2v) is 41.4. The van der Waals surface area contributed by atoms with Gasteiger partial charge in [0.2, 0.25) is 100 Å². The first-order valence-electron chi connectivity index (χ1n) is 49.3. The number of carboxylic acids is 3. The number of allylic oxidation sites excluding steroid dienone is 3. The Kier molecular flexibility index (Phi) is 40.9. The Morgan fingerprint density at radius 2 is 1.10 bits per heavy atom. The number of thiophene rings is 2. The average molecular weight is 2080 g/mol. The Hall–Kier alpha value is -14.5. The van der Waals surface area contributed by atoms with E-state index in [4.69, 9.17) is 10.5 Å². The number of likely N-dealkylation sites (tertiary alicyclic amines) is 1. The van der Waals surface area contributed by atoms with Crippen LogP contribution in [0.5, 0.6) is 0 Å². The highest BCUT2D eigenvalue weighted by molar-refractivity contribution is 7.17. The van der Waals surface area contributed by atoms with Crippen molar-refractivity contribution in [3.63, 3.8) is 0 Å². The fourth-order valence-electron chi connectivity index (χ4n) is 18.3. The van der Waals surface area contributed by atoms with Crippen LogP contribution in [0, 0.1) is 5.41 Å². The predicted octanol–water partition coefficient (Wildman–Crippen LogP) is 2.73. The van der Waals surface area contributed by atoms with Crippen molar-refractivity contribution in [1.82, 2.24) is 89.6 Å². The molecular formula is C102H134N18O25S2. The third-order valence-corrected chi connectivity index (χ3v) is 28.2. The molecular weight excluding hydrogens is 1940 g/mol. The second kappa shape index (κ2) is 52.5. The molecule has 45 heteroatoms. The Labute approximate surface area is 858 Å². The van der Waals surface area contributed by atoms with Crippen molar-refractivity contribution in [2.75, 3.05) is 32.8 Å². The topological polar surface area (TPSA) is 641 Å². The minimum absolute atomic E-state index is 0.00271. The molecule has 14 atom stereocenters. The summed E-state index contributed by atoms with van der Waals surface area (Å²) in [5.41, 5.74) is -2.12. The lowest BCUT2D eigenvalue weighted by Gasteiger charge is -2.38. The standard InChI is InChI=1S/C102H134N18O25S2/c1-59(81(103)127)105-83(129)69-35-36-78(122)104-43-24-20-33-68-89(135)118-101(95(142)113-71(51-64-37-47-146-56-64)85(131)111-73(86(132)108-69)52-66-57-147-77-34-19-18-32-67(66)77)42-45-119(58-101)97(144)145-46-25-14-10-9-11-21-38-100(39-22-12-13-23-40-102(41-27-44-120(102)61(3)121)96(143)115-75(54-80(125)126)88(134)112-76(91(137)117-100)55-98(4,5)6)94(141)114-74(53-79(123)124)87(133)110-72(50-63-30-26-31-65(48-63)92(138)139)90(136)116-99(7,8)93(140)106-60(2)82(128)109-70(84(130)107-68)49-62-28-16-15-17-29-62/h9-10,13,15-19,23,26,28-32,34,37,47-48,56-57,59-60,68-76H,11-12,14,20-22,24-25,27,33,35-36,38-46,49-55,58H2,1-8H3,(H2,103,127)(H,104,122)(H,105,129)(H,106,140)(H,107,130)(H,108,132)(H,109,128)(H,110,133)(H,111,131)(H,112,134)(H,113,142)(H,114,141)(H,115,143)(H,116,136)(H,117,137)(H,118,135)(H,123,124)(H,125,126)(H,138,139)/b10-9-,23-13-/t59-,60-,68-,69-,70-,71-,72-,73-,74-,75-,76-,100-,101-,102-/m0/s1. The highest BCUT2D eigenvalue weighted by Crippen LogP contribution is 2.36. The molecule has 3 bridgehead atoms. The summed E-state index contributed by atoms with van der Waals surface area (Å²) in [4.78, 5) is 309. The van der Waals surface area contributed by atoms with Crippen molar-refractivity contribution in [1.29, 1.82) is 0 Å². The highest BCUT2D eigenvalue weighted by Gasteiger charge is 2.53. The van der Waals surface area contributed by atoms with Crippen molar-refractivity contribution in [2.24, 2.45) is 11.1 Å². The summed E-state index contributed by atoms with van der Waals surface area (Å²) in [6, 6.07) is 3.84. The van der Waals surface area contributed by atoms with Gasteiger partial charge < -0.3 is 115 Å². The number of carbonyl (C=O) groups excluding carboxylic acids is 18. The number of nitrogens with one attached hydrogen (secondary N) is 15. The number of carbonyl (C=O) groups is 21. The normalized spacial score (nSPS) is 26.6. The monoisotopic (exact) mass is 2070 g/mol. The van der Waals surface area contributed by atoms with Crippen LogP contribution in [-0.2, 0) is 122 Å². The maximum Gasteiger partial charge on any atom is 0.409 e. The van der Waals surface area contributed by atoms with E-state index in [0.717, 1.165) is 9.60 Å². The van der Waals surface area contributed by atoms with Crippen LogP contribution in [0.4, 0.5) is 4.79 Å². The lowest BCUT2D eigenvalue weighted by atomic mass is 9.83. The summed E-state index contributed by atoms with van der Waals surface area (Å²) in [6.07, 6.45) is 0.811. The Morgan fingerprint density at radius 3 is 1.75 bits per heavy atom. The van der Waals surface area contributed by atoms with E-state index >= 15 is 43.2 Å². The van der Waals surface area contributed by atoms with Crippen LogP contribution >= 0.6 is 22.7 Å². The number of fused-ring (bicyclic) bond motifs is 4. The number of hydrogen-bond acceptors (Lipinski definition) is 24. The van der Waals surface area contributed by atoms with E-state index in [1.165, 1.54) is 86.5 Å². The third kappa shape index (κ3) is 32.7. The van der Waals surface area contributed by atoms with E-state index in [1.54, 1.807) is 104 Å². The number of amides is 18. The van der Waals surface area contributed by atoms with E-state index in [-0.39, 0.29) is 159 Å². The summed E-state index contributed by atoms with van der Waals surface area (Å²) >= 11 is 2.61. The molecule has 0 unspecified atom stereocenters. The van der Waals surface area contributed by atoms with E-state index in [9.17, 15) is 72.9 Å². The minimum Gasteiger partial charge on any atom is -0.481 e. The summed E-state index contributed by atoms with van der Waals surface area (Å²) in [5, 5.41) is 77.1. The first-order chi connectivity index (χ1) is 69.7. The molecule has 794 valence electrons. The van der Waals surface area contributed by atoms with Crippen molar-refractivity contribution < 1.29 is 121 Å². The molecule has 43 nitrogen and oxygen atoms in total. The summed E-state index contributed by atoms with van der Waals surface area (Å²) in [5.74, 6) is -21.3. The van der Waals surface area contributed by atoms with Crippen LogP contribution < -0.4 is 85.5 Å². The Balaban J connectivity index is 1.05. The smallest absolute Gasteiger partial charge is 0.409 e. The zero-order chi connectivity index (χ0) is 107. The number of primary amides is 1. The summed E-state index contributed by atoms with van der Waals surface area (Å²) in [7, 11) is 0. The Morgan fingerprint density at radius 1 is 0.531 bits per heavy atom. The van der Waals surface area contributed by atoms with Crippen LogP contribution in [0.1, 0.15) is 216 Å². The molecule has 7 heterocycles. The predicted molar refractivity (Wildman–Crippen MR) is 538 cm³/mol. The molecule has 0 aliphatic carbocycles. The van der Waals surface area contributed by atoms with Gasteiger partial charge in [0.1, 0.15) is 88.6 Å². The number of benzene rings is 3. The number of carboxylic acid groups (broad SMARTS) is 3. The number of ether oxygens (including phenoxy) is 1. The molecule has 20 N–H and O–H groups in total. The quantitative estimate of drug-likeness (QED) is 0.0595. The maximum atomic E-state index is 16.1. The van der Waals surface area contributed by atoms with E-state index in [0.29, 0.717) is 28.5 Å². The lowest BCUT2D eigenvalue weighted by molar-refractivity contribution is -0.146. The fourth-order valence-corrected chi connectivity index (χ4v) is 20.0. The number of nitrogens with two attached hydrogens (primary N) is 1. The molecule has 3 fully saturated rings. The van der Waals surface area contributed by atoms with Gasteiger partial charge in [0.15, 0.2) is 0 Å². The first kappa shape index (κ1) is 114. The molecule has 0 saturated carbocycles. The van der Waals surface area contributed by atoms with Gasteiger partial charge in [0.05, 0.1) is 31.6 Å². The van der Waals surface area contributed by atoms with Gasteiger partial charge in [-0.15, -0.1) is 11.3 Å². The Bertz CT molecular complexity index is 5750. The van der Waals surface area contributed by atoms with Crippen molar-refractivity contribution in [3.8, 4) is 0 Å². The molecule has 3 spiro atoms. The zero-order valence-electron chi connectivity index (χ0n) is 83.6. The lowest BCUT2D eigenvalue weighted by Crippen LogP contribution is -2.66. The minimum atomic E-state index is -2.23. The van der Waals surface area contributed by atoms with E-state index < -0.39 is 251 Å². The number of aromatic carboxylic acids is 1. The molecule has 10 rings (SSSR count). The van der Waals surface area contributed by atoms with Gasteiger partial charge in [-0.1, -0.05) is 106 Å². The highest BCUT2D eigenvalue weighted by atomic mass is 32.1. The largest absolute Gasteiger partial charge is 0.481 e. The average Bonchev–Trinajstić information content (AvgIpc) is 1.63. The van der Waals surface area contributed by atoms with Gasteiger partial charge in [0.25, 0.3) is 0 Å². The third-order valence-electron chi connectivity index (χ3n) is 26.5. The van der Waals surface area contributed by atoms with Crippen LogP contribution in [0.3, 0.4) is 0 Å². The van der Waals surface area contributed by atoms with Crippen LogP contribution in [0.25, 0.3) is 10.1 Å². The molecule has 147 heavy (non-hydrogen) atoms. The van der Waals surface area contributed by atoms with Crippen molar-refractivity contribution >= 4 is 157 Å². The van der Waals surface area contributed by atoms with E-state index in [2.05, 4.69) is 79.8 Å².